The summed E-state index contributed by atoms with van der Waals surface area (Å²) in [4.78, 5) is 15.5. The fourth-order valence-corrected chi connectivity index (χ4v) is 1.58. The topological polar surface area (TPSA) is 54.0 Å². The molecule has 0 radical (unpaired) electrons. The summed E-state index contributed by atoms with van der Waals surface area (Å²) in [6.07, 6.45) is 3.84. The van der Waals surface area contributed by atoms with Crippen molar-refractivity contribution < 1.29 is 4.79 Å². The lowest BCUT2D eigenvalue weighted by molar-refractivity contribution is -0.122. The summed E-state index contributed by atoms with van der Waals surface area (Å²) in [7, 11) is 0. The molecule has 0 bridgehead atoms. The highest BCUT2D eigenvalue weighted by Gasteiger charge is 2.28. The van der Waals surface area contributed by atoms with E-state index in [0.29, 0.717) is 13.1 Å². The fourth-order valence-electron chi connectivity index (χ4n) is 1.35. The number of aromatic nitrogens is 1. The molecule has 0 spiro atoms. The Hall–Kier alpha value is -1.10. The number of pyridine rings is 1. The van der Waals surface area contributed by atoms with Crippen LogP contribution >= 0.6 is 15.9 Å². The maximum Gasteiger partial charge on any atom is 0.223 e. The van der Waals surface area contributed by atoms with Crippen LogP contribution in [0.3, 0.4) is 0 Å². The molecular formula is C11H14BrN3O. The van der Waals surface area contributed by atoms with E-state index >= 15 is 0 Å². The van der Waals surface area contributed by atoms with Gasteiger partial charge < -0.3 is 10.6 Å². The summed E-state index contributed by atoms with van der Waals surface area (Å²) < 4.78 is 0.958. The lowest BCUT2D eigenvalue weighted by Gasteiger charge is -2.06. The fraction of sp³-hybridized carbons (Fsp3) is 0.455. The van der Waals surface area contributed by atoms with Crippen molar-refractivity contribution in [3.8, 4) is 0 Å². The van der Waals surface area contributed by atoms with Crippen molar-refractivity contribution in [3.05, 3.63) is 22.8 Å². The van der Waals surface area contributed by atoms with Gasteiger partial charge in [-0.25, -0.2) is 4.98 Å². The number of nitrogens with zero attached hydrogens (tertiary/aromatic N) is 1. The second-order valence-electron chi connectivity index (χ2n) is 3.85. The van der Waals surface area contributed by atoms with Crippen molar-refractivity contribution in [1.29, 1.82) is 0 Å². The minimum Gasteiger partial charge on any atom is -0.368 e. The van der Waals surface area contributed by atoms with Crippen LogP contribution in [0.4, 0.5) is 5.82 Å². The minimum absolute atomic E-state index is 0.186. The van der Waals surface area contributed by atoms with E-state index in [-0.39, 0.29) is 11.8 Å². The molecule has 4 nitrogen and oxygen atoms in total. The molecule has 1 saturated carbocycles. The monoisotopic (exact) mass is 283 g/mol. The number of halogens is 1. The maximum atomic E-state index is 11.3. The molecule has 16 heavy (non-hydrogen) atoms. The Bertz CT molecular complexity index is 362. The summed E-state index contributed by atoms with van der Waals surface area (Å²) in [5.41, 5.74) is 0. The van der Waals surface area contributed by atoms with Crippen LogP contribution < -0.4 is 10.6 Å². The van der Waals surface area contributed by atoms with Crippen LogP contribution in [0.25, 0.3) is 0 Å². The van der Waals surface area contributed by atoms with E-state index in [1.54, 1.807) is 6.20 Å². The summed E-state index contributed by atoms with van der Waals surface area (Å²) in [5, 5.41) is 6.03. The second-order valence-corrected chi connectivity index (χ2v) is 4.77. The molecule has 1 aliphatic carbocycles. The van der Waals surface area contributed by atoms with Gasteiger partial charge in [0, 0.05) is 29.7 Å². The Kier molecular flexibility index (Phi) is 3.77. The van der Waals surface area contributed by atoms with E-state index in [9.17, 15) is 4.79 Å². The molecule has 5 heteroatoms. The first-order valence-corrected chi connectivity index (χ1v) is 6.18. The third-order valence-corrected chi connectivity index (χ3v) is 2.87. The zero-order valence-corrected chi connectivity index (χ0v) is 10.5. The molecule has 1 amide bonds. The first kappa shape index (κ1) is 11.4. The van der Waals surface area contributed by atoms with Gasteiger partial charge in [0.15, 0.2) is 0 Å². The smallest absolute Gasteiger partial charge is 0.223 e. The Morgan fingerprint density at radius 3 is 2.88 bits per heavy atom. The molecule has 1 fully saturated rings. The van der Waals surface area contributed by atoms with Crippen LogP contribution in [0.5, 0.6) is 0 Å². The molecule has 1 aromatic rings. The largest absolute Gasteiger partial charge is 0.368 e. The van der Waals surface area contributed by atoms with Crippen molar-refractivity contribution in [3.63, 3.8) is 0 Å². The third-order valence-electron chi connectivity index (χ3n) is 2.41. The highest BCUT2D eigenvalue weighted by atomic mass is 79.9. The number of carbonyl (C=O) groups is 1. The summed E-state index contributed by atoms with van der Waals surface area (Å²) >= 11 is 3.32. The van der Waals surface area contributed by atoms with E-state index in [1.807, 2.05) is 12.1 Å². The van der Waals surface area contributed by atoms with Crippen LogP contribution in [0, 0.1) is 5.92 Å². The van der Waals surface area contributed by atoms with Crippen molar-refractivity contribution in [2.24, 2.45) is 5.92 Å². The molecule has 2 rings (SSSR count). The number of rotatable bonds is 5. The first-order chi connectivity index (χ1) is 7.75. The number of hydrogen-bond acceptors (Lipinski definition) is 3. The molecule has 1 heterocycles. The average Bonchev–Trinajstić information content (AvgIpc) is 3.10. The van der Waals surface area contributed by atoms with E-state index in [4.69, 9.17) is 0 Å². The normalized spacial score (nSPS) is 14.6. The highest BCUT2D eigenvalue weighted by Crippen LogP contribution is 2.28. The first-order valence-electron chi connectivity index (χ1n) is 5.39. The lowest BCUT2D eigenvalue weighted by atomic mass is 10.4. The number of carbonyl (C=O) groups excluding carboxylic acids is 1. The lowest BCUT2D eigenvalue weighted by Crippen LogP contribution is -2.29. The van der Waals surface area contributed by atoms with Gasteiger partial charge in [-0.05, 0) is 40.9 Å². The molecule has 0 aromatic carbocycles. The van der Waals surface area contributed by atoms with Gasteiger partial charge in [-0.3, -0.25) is 4.79 Å². The van der Waals surface area contributed by atoms with Crippen molar-refractivity contribution in [1.82, 2.24) is 10.3 Å². The second kappa shape index (κ2) is 5.30. The maximum absolute atomic E-state index is 11.3. The molecule has 1 aliphatic rings. The van der Waals surface area contributed by atoms with Crippen molar-refractivity contribution >= 4 is 27.7 Å². The molecule has 0 aliphatic heterocycles. The summed E-state index contributed by atoms with van der Waals surface area (Å²) in [6, 6.07) is 3.82. The van der Waals surface area contributed by atoms with Gasteiger partial charge in [0.2, 0.25) is 5.91 Å². The zero-order valence-electron chi connectivity index (χ0n) is 8.87. The van der Waals surface area contributed by atoms with Gasteiger partial charge >= 0.3 is 0 Å². The molecule has 2 N–H and O–H groups in total. The molecular weight excluding hydrogens is 270 g/mol. The number of anilines is 1. The molecule has 0 saturated heterocycles. The van der Waals surface area contributed by atoms with E-state index < -0.39 is 0 Å². The number of amides is 1. The van der Waals surface area contributed by atoms with E-state index in [2.05, 4.69) is 31.5 Å². The zero-order chi connectivity index (χ0) is 11.4. The van der Waals surface area contributed by atoms with Crippen LogP contribution in [0.1, 0.15) is 12.8 Å². The van der Waals surface area contributed by atoms with Gasteiger partial charge in [0.1, 0.15) is 5.82 Å². The Labute approximate surface area is 103 Å². The number of nitrogens with one attached hydrogen (secondary N) is 2. The molecule has 0 unspecified atom stereocenters. The van der Waals surface area contributed by atoms with E-state index in [0.717, 1.165) is 23.1 Å². The Morgan fingerprint density at radius 2 is 2.25 bits per heavy atom. The van der Waals surface area contributed by atoms with Gasteiger partial charge in [-0.1, -0.05) is 0 Å². The van der Waals surface area contributed by atoms with Crippen LogP contribution in [-0.2, 0) is 4.79 Å². The van der Waals surface area contributed by atoms with Crippen molar-refractivity contribution in [2.45, 2.75) is 12.8 Å². The van der Waals surface area contributed by atoms with Gasteiger partial charge in [-0.2, -0.15) is 0 Å². The van der Waals surface area contributed by atoms with Crippen LogP contribution in [0.15, 0.2) is 22.8 Å². The quantitative estimate of drug-likeness (QED) is 0.810. The molecule has 1 aromatic heterocycles. The highest BCUT2D eigenvalue weighted by molar-refractivity contribution is 9.10. The van der Waals surface area contributed by atoms with Gasteiger partial charge in [0.25, 0.3) is 0 Å². The summed E-state index contributed by atoms with van der Waals surface area (Å²) in [6.45, 7) is 1.35. The predicted molar refractivity (Wildman–Crippen MR) is 66.2 cm³/mol. The average molecular weight is 284 g/mol. The molecule has 0 atom stereocenters. The molecule has 86 valence electrons. The van der Waals surface area contributed by atoms with Gasteiger partial charge in [-0.15, -0.1) is 0 Å². The van der Waals surface area contributed by atoms with Crippen molar-refractivity contribution in [2.75, 3.05) is 18.4 Å². The number of hydrogen-bond donors (Lipinski definition) is 2. The van der Waals surface area contributed by atoms with Gasteiger partial charge in [0.05, 0.1) is 0 Å². The Morgan fingerprint density at radius 1 is 1.44 bits per heavy atom. The van der Waals surface area contributed by atoms with Crippen LogP contribution in [0.2, 0.25) is 0 Å². The standard InChI is InChI=1S/C11H14BrN3O/c12-9-3-4-10(15-7-9)13-5-6-14-11(16)8-1-2-8/h3-4,7-8H,1-2,5-6H2,(H,13,15)(H,14,16). The minimum atomic E-state index is 0.186. The third kappa shape index (κ3) is 3.48. The SMILES string of the molecule is O=C(NCCNc1ccc(Br)cn1)C1CC1. The predicted octanol–water partition coefficient (Wildman–Crippen LogP) is 1.78. The van der Waals surface area contributed by atoms with Crippen LogP contribution in [-0.4, -0.2) is 24.0 Å². The van der Waals surface area contributed by atoms with E-state index in [1.165, 1.54) is 0 Å². The Balaban J connectivity index is 1.63. The summed E-state index contributed by atoms with van der Waals surface area (Å²) in [5.74, 6) is 1.29.